The van der Waals surface area contributed by atoms with E-state index in [1.807, 2.05) is 36.7 Å². The number of benzene rings is 9. The summed E-state index contributed by atoms with van der Waals surface area (Å²) >= 11 is 0. The van der Waals surface area contributed by atoms with Crippen LogP contribution in [-0.4, -0.2) is 16.9 Å². The molecule has 1 atom stereocenters. The minimum atomic E-state index is -0.278. The van der Waals surface area contributed by atoms with Crippen LogP contribution in [-0.2, 0) is 0 Å². The standard InChI is InChI=1S/C54H35N3O/c55-47-22-10-7-20-42(47)53(36-26-25-33-13-1-2-14-34(33)29-36)56-32-57-48-23-11-8-21-43(48)52-51-40-18-5-3-15-37(40)44(31-46(51)38-16-4-6-19-41(38)54(52)57)35-27-28-50-45(30-35)39-17-9-12-24-49(39)58-50/h1-32,47H,55H2/b53-42-,56-32?. The summed E-state index contributed by atoms with van der Waals surface area (Å²) in [4.78, 5) is 5.41. The number of para-hydroxylation sites is 2. The Morgan fingerprint density at radius 1 is 0.552 bits per heavy atom. The molecule has 2 aromatic heterocycles. The maximum absolute atomic E-state index is 6.77. The Bertz CT molecular complexity index is 3650. The van der Waals surface area contributed by atoms with E-state index in [9.17, 15) is 0 Å². The van der Waals surface area contributed by atoms with Crippen LogP contribution in [0.5, 0.6) is 0 Å². The molecule has 0 fully saturated rings. The predicted molar refractivity (Wildman–Crippen MR) is 246 cm³/mol. The molecule has 9 aromatic carbocycles. The van der Waals surface area contributed by atoms with Gasteiger partial charge in [-0.2, -0.15) is 0 Å². The van der Waals surface area contributed by atoms with Crippen molar-refractivity contribution in [2.24, 2.45) is 10.7 Å². The van der Waals surface area contributed by atoms with Gasteiger partial charge in [0.05, 0.1) is 22.8 Å². The molecule has 0 amide bonds. The van der Waals surface area contributed by atoms with Crippen LogP contribution in [0.25, 0.3) is 104 Å². The molecule has 0 aliphatic heterocycles. The predicted octanol–water partition coefficient (Wildman–Crippen LogP) is 13.7. The molecule has 0 spiro atoms. The number of aliphatic imine (C=N–C) groups is 1. The lowest BCUT2D eigenvalue weighted by atomic mass is 9.88. The van der Waals surface area contributed by atoms with Crippen molar-refractivity contribution < 1.29 is 4.42 Å². The van der Waals surface area contributed by atoms with E-state index in [0.29, 0.717) is 0 Å². The molecule has 4 heteroatoms. The Balaban J connectivity index is 1.16. The second-order valence-corrected chi connectivity index (χ2v) is 15.2. The van der Waals surface area contributed by atoms with Crippen molar-refractivity contribution in [2.45, 2.75) is 6.04 Å². The van der Waals surface area contributed by atoms with Crippen LogP contribution in [0.2, 0.25) is 0 Å². The minimum absolute atomic E-state index is 0.278. The monoisotopic (exact) mass is 741 g/mol. The molecule has 12 rings (SSSR count). The van der Waals surface area contributed by atoms with Gasteiger partial charge in [-0.3, -0.25) is 4.57 Å². The number of aromatic nitrogens is 1. The summed E-state index contributed by atoms with van der Waals surface area (Å²) in [7, 11) is 0. The van der Waals surface area contributed by atoms with Crippen LogP contribution in [0.3, 0.4) is 0 Å². The van der Waals surface area contributed by atoms with Crippen molar-refractivity contribution in [3.05, 3.63) is 199 Å². The summed E-state index contributed by atoms with van der Waals surface area (Å²) in [6.45, 7) is 0. The van der Waals surface area contributed by atoms with Gasteiger partial charge in [-0.05, 0) is 85.4 Å². The van der Waals surface area contributed by atoms with Crippen LogP contribution in [0.15, 0.2) is 203 Å². The Hall–Kier alpha value is -7.53. The molecule has 2 N–H and O–H groups in total. The second-order valence-electron chi connectivity index (χ2n) is 15.2. The SMILES string of the molecule is NC1C=CC=C/C1=C(/N=Cn1c2ccccc2c2c3c4ccccc4c(-c4ccc5oc6ccccc6c5c4)cc3c3ccccc3c21)c1ccc2ccccc2c1. The van der Waals surface area contributed by atoms with E-state index in [2.05, 4.69) is 162 Å². The van der Waals surface area contributed by atoms with Gasteiger partial charge in [0.15, 0.2) is 0 Å². The van der Waals surface area contributed by atoms with Gasteiger partial charge in [-0.25, -0.2) is 4.99 Å². The Labute approximate surface area is 333 Å². The first-order valence-electron chi connectivity index (χ1n) is 19.8. The topological polar surface area (TPSA) is 56.4 Å². The van der Waals surface area contributed by atoms with Crippen molar-refractivity contribution >= 4 is 98.9 Å². The molecule has 0 saturated carbocycles. The summed E-state index contributed by atoms with van der Waals surface area (Å²) in [6.07, 6.45) is 10.2. The highest BCUT2D eigenvalue weighted by atomic mass is 16.3. The van der Waals surface area contributed by atoms with E-state index < -0.39 is 0 Å². The van der Waals surface area contributed by atoms with Gasteiger partial charge in [-0.1, -0.05) is 152 Å². The van der Waals surface area contributed by atoms with Gasteiger partial charge in [-0.15, -0.1) is 0 Å². The average molecular weight is 742 g/mol. The third kappa shape index (κ3) is 4.89. The number of allylic oxidation sites excluding steroid dienone is 2. The van der Waals surface area contributed by atoms with Crippen LogP contribution < -0.4 is 5.73 Å². The average Bonchev–Trinajstić information content (AvgIpc) is 3.82. The van der Waals surface area contributed by atoms with Crippen LogP contribution in [0.4, 0.5) is 0 Å². The quantitative estimate of drug-likeness (QED) is 0.111. The molecule has 58 heavy (non-hydrogen) atoms. The highest BCUT2D eigenvalue weighted by molar-refractivity contribution is 6.38. The van der Waals surface area contributed by atoms with Gasteiger partial charge >= 0.3 is 0 Å². The molecular formula is C54H35N3O. The van der Waals surface area contributed by atoms with E-state index in [0.717, 1.165) is 60.8 Å². The van der Waals surface area contributed by atoms with Crippen molar-refractivity contribution in [2.75, 3.05) is 0 Å². The third-order valence-electron chi connectivity index (χ3n) is 12.0. The molecule has 1 unspecified atom stereocenters. The number of rotatable bonds is 4. The first kappa shape index (κ1) is 32.7. The smallest absolute Gasteiger partial charge is 0.135 e. The maximum atomic E-state index is 6.77. The summed E-state index contributed by atoms with van der Waals surface area (Å²) in [5, 5.41) is 14.2. The summed E-state index contributed by atoms with van der Waals surface area (Å²) in [6, 6.07) is 58.5. The van der Waals surface area contributed by atoms with Crippen LogP contribution in [0, 0.1) is 0 Å². The first-order chi connectivity index (χ1) is 28.7. The maximum Gasteiger partial charge on any atom is 0.135 e. The molecule has 0 radical (unpaired) electrons. The zero-order valence-electron chi connectivity index (χ0n) is 31.4. The van der Waals surface area contributed by atoms with Crippen LogP contribution >= 0.6 is 0 Å². The van der Waals surface area contributed by atoms with Gasteiger partial charge < -0.3 is 10.2 Å². The summed E-state index contributed by atoms with van der Waals surface area (Å²) < 4.78 is 8.53. The fourth-order valence-electron chi connectivity index (χ4n) is 9.38. The number of nitrogens with zero attached hydrogens (tertiary/aromatic N) is 2. The van der Waals surface area contributed by atoms with E-state index in [4.69, 9.17) is 15.1 Å². The lowest BCUT2D eigenvalue weighted by molar-refractivity contribution is 0.669. The number of hydrogen-bond donors (Lipinski definition) is 1. The van der Waals surface area contributed by atoms with Crippen molar-refractivity contribution in [3.63, 3.8) is 0 Å². The number of fused-ring (bicyclic) bond motifs is 14. The Morgan fingerprint density at radius 2 is 1.26 bits per heavy atom. The van der Waals surface area contributed by atoms with Crippen LogP contribution in [0.1, 0.15) is 5.56 Å². The summed E-state index contributed by atoms with van der Waals surface area (Å²) in [5.74, 6) is 0. The normalized spacial score (nSPS) is 15.5. The van der Waals surface area contributed by atoms with E-state index in [-0.39, 0.29) is 6.04 Å². The minimum Gasteiger partial charge on any atom is -0.456 e. The Kier molecular flexibility index (Phi) is 7.19. The van der Waals surface area contributed by atoms with Crippen molar-refractivity contribution in [1.82, 2.24) is 4.57 Å². The number of hydrogen-bond acceptors (Lipinski definition) is 3. The van der Waals surface area contributed by atoms with E-state index >= 15 is 0 Å². The third-order valence-corrected chi connectivity index (χ3v) is 12.0. The highest BCUT2D eigenvalue weighted by Crippen LogP contribution is 2.46. The molecular weight excluding hydrogens is 707 g/mol. The van der Waals surface area contributed by atoms with E-state index in [1.165, 1.54) is 54.0 Å². The van der Waals surface area contributed by atoms with Crippen molar-refractivity contribution in [1.29, 1.82) is 0 Å². The molecule has 1 aliphatic rings. The molecule has 0 bridgehead atoms. The highest BCUT2D eigenvalue weighted by Gasteiger charge is 2.22. The molecule has 11 aromatic rings. The zero-order chi connectivity index (χ0) is 38.3. The number of nitrogens with two attached hydrogens (primary N) is 1. The molecule has 1 aliphatic carbocycles. The zero-order valence-corrected chi connectivity index (χ0v) is 31.4. The fourth-order valence-corrected chi connectivity index (χ4v) is 9.38. The lowest BCUT2D eigenvalue weighted by Gasteiger charge is -2.17. The van der Waals surface area contributed by atoms with E-state index in [1.54, 1.807) is 0 Å². The lowest BCUT2D eigenvalue weighted by Crippen LogP contribution is -2.21. The van der Waals surface area contributed by atoms with Gasteiger partial charge in [0.25, 0.3) is 0 Å². The Morgan fingerprint density at radius 3 is 2.12 bits per heavy atom. The number of furan rings is 1. The summed E-state index contributed by atoms with van der Waals surface area (Å²) in [5.41, 5.74) is 16.0. The molecule has 2 heterocycles. The fraction of sp³-hybridized carbons (Fsp3) is 0.0185. The molecule has 272 valence electrons. The first-order valence-corrected chi connectivity index (χ1v) is 19.8. The van der Waals surface area contributed by atoms with Gasteiger partial charge in [0.2, 0.25) is 0 Å². The molecule has 0 saturated heterocycles. The van der Waals surface area contributed by atoms with Crippen molar-refractivity contribution in [3.8, 4) is 11.1 Å². The largest absolute Gasteiger partial charge is 0.456 e. The van der Waals surface area contributed by atoms with Gasteiger partial charge in [0.1, 0.15) is 17.5 Å². The second kappa shape index (κ2) is 12.8. The van der Waals surface area contributed by atoms with Gasteiger partial charge in [0, 0.05) is 37.9 Å². The molecule has 4 nitrogen and oxygen atoms in total.